The molecule has 0 bridgehead atoms. The number of para-hydroxylation sites is 1. The van der Waals surface area contributed by atoms with Crippen LogP contribution in [0, 0.1) is 0 Å². The van der Waals surface area contributed by atoms with Crippen LogP contribution in [0.2, 0.25) is 0 Å². The lowest BCUT2D eigenvalue weighted by molar-refractivity contribution is -0.138. The van der Waals surface area contributed by atoms with E-state index in [1.807, 2.05) is 41.4 Å². The zero-order valence-electron chi connectivity index (χ0n) is 20.8. The zero-order valence-corrected chi connectivity index (χ0v) is 21.6. The largest absolute Gasteiger partial charge is 0.493 e. The van der Waals surface area contributed by atoms with Crippen LogP contribution < -0.4 is 14.8 Å². The molecule has 1 aromatic rings. The summed E-state index contributed by atoms with van der Waals surface area (Å²) in [7, 11) is 7.02. The van der Waals surface area contributed by atoms with E-state index in [0.717, 1.165) is 12.2 Å². The van der Waals surface area contributed by atoms with Gasteiger partial charge in [-0.3, -0.25) is 4.79 Å². The number of amidine groups is 1. The monoisotopic (exact) mass is 500 g/mol. The number of benzene rings is 1. The number of hydrogen-bond acceptors (Lipinski definition) is 9. The van der Waals surface area contributed by atoms with Crippen LogP contribution in [-0.2, 0) is 14.3 Å². The second kappa shape index (κ2) is 11.9. The summed E-state index contributed by atoms with van der Waals surface area (Å²) >= 11 is 1.41. The third-order valence-electron chi connectivity index (χ3n) is 5.50. The normalized spacial score (nSPS) is 17.0. The number of esters is 1. The maximum absolute atomic E-state index is 13.2. The van der Waals surface area contributed by atoms with Gasteiger partial charge in [0.25, 0.3) is 0 Å². The number of ether oxygens (including phenoxy) is 3. The number of likely N-dealkylation sites (N-methyl/N-ethyl adjacent to an activating group) is 1. The van der Waals surface area contributed by atoms with Crippen LogP contribution in [0.3, 0.4) is 0 Å². The highest BCUT2D eigenvalue weighted by Crippen LogP contribution is 2.48. The fourth-order valence-electron chi connectivity index (χ4n) is 3.91. The molecule has 2 heterocycles. The van der Waals surface area contributed by atoms with Gasteiger partial charge in [0.15, 0.2) is 16.7 Å². The summed E-state index contributed by atoms with van der Waals surface area (Å²) in [5.41, 5.74) is 2.33. The van der Waals surface area contributed by atoms with Crippen LogP contribution in [0.15, 0.2) is 58.2 Å². The Morgan fingerprint density at radius 3 is 2.71 bits per heavy atom. The molecule has 10 heteroatoms. The minimum Gasteiger partial charge on any atom is -0.493 e. The molecule has 0 radical (unpaired) electrons. The number of carbonyl (C=O) groups is 2. The number of hydrogen-bond donors (Lipinski definition) is 1. The first-order valence-electron chi connectivity index (χ1n) is 11.2. The van der Waals surface area contributed by atoms with E-state index in [1.54, 1.807) is 27.2 Å². The minimum atomic E-state index is -0.624. The SMILES string of the molecule is C=CCOC(=O)C1=C(C)N=C2SC=C(CC(=O)NCCN(C)C)N2C1c1cccc(OC)c1OC. The fourth-order valence-corrected chi connectivity index (χ4v) is 4.87. The van der Waals surface area contributed by atoms with Gasteiger partial charge in [-0.1, -0.05) is 36.5 Å². The summed E-state index contributed by atoms with van der Waals surface area (Å²) in [5.74, 6) is 0.407. The number of nitrogens with zero attached hydrogens (tertiary/aromatic N) is 3. The molecule has 3 rings (SSSR count). The van der Waals surface area contributed by atoms with Gasteiger partial charge < -0.3 is 29.3 Å². The van der Waals surface area contributed by atoms with Gasteiger partial charge in [0.1, 0.15) is 6.61 Å². The number of aliphatic imine (C=N–C) groups is 1. The van der Waals surface area contributed by atoms with E-state index in [1.165, 1.54) is 17.8 Å². The predicted octanol–water partition coefficient (Wildman–Crippen LogP) is 3.08. The Morgan fingerprint density at radius 1 is 1.29 bits per heavy atom. The highest BCUT2D eigenvalue weighted by atomic mass is 32.2. The Bertz CT molecular complexity index is 1080. The molecule has 1 N–H and O–H groups in total. The molecular weight excluding hydrogens is 468 g/mol. The molecule has 188 valence electrons. The van der Waals surface area contributed by atoms with Crippen molar-refractivity contribution in [2.75, 3.05) is 48.0 Å². The molecule has 0 saturated heterocycles. The smallest absolute Gasteiger partial charge is 0.338 e. The van der Waals surface area contributed by atoms with Crippen molar-refractivity contribution in [2.24, 2.45) is 4.99 Å². The quantitative estimate of drug-likeness (QED) is 0.366. The fraction of sp³-hybridized carbons (Fsp3) is 0.400. The second-order valence-corrected chi connectivity index (χ2v) is 9.03. The van der Waals surface area contributed by atoms with Crippen molar-refractivity contribution in [3.8, 4) is 11.5 Å². The number of amides is 1. The van der Waals surface area contributed by atoms with E-state index < -0.39 is 12.0 Å². The van der Waals surface area contributed by atoms with Crippen LogP contribution in [0.5, 0.6) is 11.5 Å². The molecule has 9 nitrogen and oxygen atoms in total. The summed E-state index contributed by atoms with van der Waals surface area (Å²) < 4.78 is 16.7. The van der Waals surface area contributed by atoms with Crippen LogP contribution >= 0.6 is 11.8 Å². The molecule has 2 aliphatic rings. The number of rotatable bonds is 11. The molecule has 0 fully saturated rings. The molecule has 1 aromatic carbocycles. The van der Waals surface area contributed by atoms with Crippen molar-refractivity contribution in [2.45, 2.75) is 19.4 Å². The average Bonchev–Trinajstić information content (AvgIpc) is 3.22. The first kappa shape index (κ1) is 26.4. The minimum absolute atomic E-state index is 0.0693. The zero-order chi connectivity index (χ0) is 25.5. The average molecular weight is 501 g/mol. The van der Waals surface area contributed by atoms with Crippen LogP contribution in [0.1, 0.15) is 24.9 Å². The first-order chi connectivity index (χ1) is 16.8. The number of fused-ring (bicyclic) bond motifs is 1. The third kappa shape index (κ3) is 5.88. The van der Waals surface area contributed by atoms with Gasteiger partial charge in [-0.15, -0.1) is 0 Å². The highest BCUT2D eigenvalue weighted by Gasteiger charge is 2.42. The topological polar surface area (TPSA) is 92.7 Å². The van der Waals surface area contributed by atoms with E-state index in [9.17, 15) is 9.59 Å². The van der Waals surface area contributed by atoms with Crippen molar-refractivity contribution in [3.63, 3.8) is 0 Å². The highest BCUT2D eigenvalue weighted by molar-refractivity contribution is 8.16. The lowest BCUT2D eigenvalue weighted by Gasteiger charge is -2.37. The molecule has 1 atom stereocenters. The van der Waals surface area contributed by atoms with Gasteiger partial charge in [0.2, 0.25) is 5.91 Å². The molecule has 0 aliphatic carbocycles. The van der Waals surface area contributed by atoms with E-state index in [-0.39, 0.29) is 18.9 Å². The van der Waals surface area contributed by atoms with E-state index in [4.69, 9.17) is 14.2 Å². The Hall–Kier alpha value is -3.24. The van der Waals surface area contributed by atoms with Gasteiger partial charge in [-0.25, -0.2) is 9.79 Å². The number of methoxy groups -OCH3 is 2. The lowest BCUT2D eigenvalue weighted by Crippen LogP contribution is -2.38. The van der Waals surface area contributed by atoms with Crippen molar-refractivity contribution in [3.05, 3.63) is 58.8 Å². The Balaban J connectivity index is 2.03. The van der Waals surface area contributed by atoms with Crippen LogP contribution in [0.4, 0.5) is 0 Å². The van der Waals surface area contributed by atoms with E-state index in [0.29, 0.717) is 40.0 Å². The molecule has 35 heavy (non-hydrogen) atoms. The van der Waals surface area contributed by atoms with Crippen molar-refractivity contribution < 1.29 is 23.8 Å². The molecule has 0 aromatic heterocycles. The molecule has 1 amide bonds. The summed E-state index contributed by atoms with van der Waals surface area (Å²) in [5, 5.41) is 5.52. The standard InChI is InChI=1S/C25H32N4O5S/c1-7-13-34-24(31)21-16(2)27-25-29(17(15-35-25)14-20(30)26-11-12-28(3)4)22(21)18-9-8-10-19(32-5)23(18)33-6/h7-10,15,22H,1,11-14H2,2-6H3,(H,26,30). The summed E-state index contributed by atoms with van der Waals surface area (Å²) in [6.07, 6.45) is 1.65. The maximum atomic E-state index is 13.2. The first-order valence-corrected chi connectivity index (χ1v) is 12.0. The molecular formula is C25H32N4O5S. The van der Waals surface area contributed by atoms with E-state index >= 15 is 0 Å². The molecule has 0 saturated carbocycles. The van der Waals surface area contributed by atoms with Crippen LogP contribution in [0.25, 0.3) is 0 Å². The van der Waals surface area contributed by atoms with Crippen molar-refractivity contribution in [1.82, 2.24) is 15.1 Å². The Morgan fingerprint density at radius 2 is 2.06 bits per heavy atom. The Labute approximate surface area is 210 Å². The molecule has 0 spiro atoms. The summed E-state index contributed by atoms with van der Waals surface area (Å²) in [4.78, 5) is 34.5. The van der Waals surface area contributed by atoms with Gasteiger partial charge in [0.05, 0.1) is 38.0 Å². The number of allylic oxidation sites excluding steroid dienone is 1. The summed E-state index contributed by atoms with van der Waals surface area (Å²) in [6, 6.07) is 4.88. The van der Waals surface area contributed by atoms with Crippen LogP contribution in [-0.4, -0.2) is 74.9 Å². The molecule has 2 aliphatic heterocycles. The Kier molecular flexibility index (Phi) is 9.00. The summed E-state index contributed by atoms with van der Waals surface area (Å²) in [6.45, 7) is 6.75. The lowest BCUT2D eigenvalue weighted by atomic mass is 9.92. The number of carbonyl (C=O) groups excluding carboxylic acids is 2. The number of thioether (sulfide) groups is 1. The van der Waals surface area contributed by atoms with Crippen molar-refractivity contribution in [1.29, 1.82) is 0 Å². The van der Waals surface area contributed by atoms with Gasteiger partial charge in [0, 0.05) is 24.4 Å². The van der Waals surface area contributed by atoms with Gasteiger partial charge in [-0.05, 0) is 32.5 Å². The van der Waals surface area contributed by atoms with E-state index in [2.05, 4.69) is 16.9 Å². The second-order valence-electron chi connectivity index (χ2n) is 8.19. The third-order valence-corrected chi connectivity index (χ3v) is 6.39. The van der Waals surface area contributed by atoms with Gasteiger partial charge >= 0.3 is 5.97 Å². The molecule has 1 unspecified atom stereocenters. The van der Waals surface area contributed by atoms with Gasteiger partial charge in [-0.2, -0.15) is 0 Å². The maximum Gasteiger partial charge on any atom is 0.338 e. The van der Waals surface area contributed by atoms with Crippen molar-refractivity contribution >= 4 is 28.8 Å². The predicted molar refractivity (Wildman–Crippen MR) is 137 cm³/mol. The number of nitrogens with one attached hydrogen (secondary N) is 1.